The van der Waals surface area contributed by atoms with Crippen molar-refractivity contribution in [2.24, 2.45) is 11.1 Å². The largest absolute Gasteiger partial charge is 0.390 e. The van der Waals surface area contributed by atoms with Gasteiger partial charge in [-0.1, -0.05) is 42.4 Å². The van der Waals surface area contributed by atoms with Crippen molar-refractivity contribution in [3.05, 3.63) is 33.8 Å². The van der Waals surface area contributed by atoms with E-state index in [1.165, 1.54) is 11.8 Å². The summed E-state index contributed by atoms with van der Waals surface area (Å²) in [7, 11) is 0. The van der Waals surface area contributed by atoms with E-state index in [9.17, 15) is 5.11 Å². The van der Waals surface area contributed by atoms with Crippen molar-refractivity contribution < 1.29 is 9.84 Å². The monoisotopic (exact) mass is 485 g/mol. The van der Waals surface area contributed by atoms with E-state index in [1.54, 1.807) is 12.3 Å². The molecule has 0 radical (unpaired) electrons. The second kappa shape index (κ2) is 9.77. The topological polar surface area (TPSA) is 97.4 Å². The fourth-order valence-electron chi connectivity index (χ4n) is 4.20. The summed E-state index contributed by atoms with van der Waals surface area (Å²) < 4.78 is 5.81. The van der Waals surface area contributed by atoms with Crippen molar-refractivity contribution in [1.29, 1.82) is 0 Å². The molecule has 2 aliphatic rings. The first-order valence-corrected chi connectivity index (χ1v) is 11.5. The Labute approximate surface area is 197 Å². The first-order chi connectivity index (χ1) is 14.3. The summed E-state index contributed by atoms with van der Waals surface area (Å²) in [4.78, 5) is 16.4. The molecule has 0 bridgehead atoms. The number of ether oxygens (including phenoxy) is 1. The molecule has 1 spiro atoms. The van der Waals surface area contributed by atoms with Crippen LogP contribution in [0.2, 0.25) is 10.2 Å². The highest BCUT2D eigenvalue weighted by Crippen LogP contribution is 2.42. The third-order valence-corrected chi connectivity index (χ3v) is 8.17. The van der Waals surface area contributed by atoms with Gasteiger partial charge in [0.1, 0.15) is 15.9 Å². The van der Waals surface area contributed by atoms with Crippen molar-refractivity contribution in [2.75, 3.05) is 24.6 Å². The lowest BCUT2D eigenvalue weighted by Gasteiger charge is -2.42. The van der Waals surface area contributed by atoms with Crippen LogP contribution in [0.25, 0.3) is 0 Å². The van der Waals surface area contributed by atoms with Crippen molar-refractivity contribution in [2.45, 2.75) is 62.8 Å². The van der Waals surface area contributed by atoms with Crippen LogP contribution in [-0.4, -0.2) is 51.9 Å². The van der Waals surface area contributed by atoms with Crippen molar-refractivity contribution >= 4 is 40.8 Å². The lowest BCUT2D eigenvalue weighted by molar-refractivity contribution is 0.0973. The molecule has 170 valence electrons. The Kier molecular flexibility index (Phi) is 7.71. The van der Waals surface area contributed by atoms with Crippen LogP contribution in [0.1, 0.15) is 38.6 Å². The van der Waals surface area contributed by atoms with Crippen molar-refractivity contribution in [3.8, 4) is 0 Å². The molecule has 0 saturated carbocycles. The van der Waals surface area contributed by atoms with Crippen molar-refractivity contribution in [1.82, 2.24) is 15.0 Å². The number of aliphatic hydroxyl groups excluding tert-OH is 1. The summed E-state index contributed by atoms with van der Waals surface area (Å²) in [6, 6.07) is 1.84. The van der Waals surface area contributed by atoms with Gasteiger partial charge in [-0.3, -0.25) is 0 Å². The zero-order valence-electron chi connectivity index (χ0n) is 16.9. The minimum Gasteiger partial charge on any atom is -0.390 e. The standard InChI is InChI=1S/C20H25Cl2N5O2S.CH4/c1-11-19(30-14-3-6-24-17(22)15(14)21)26-13(9-28)18(25-11)27-7-4-20(5-8-27)10-29-12(2)16(20)23;/h3,6,12,16,28H,4-5,7-10,23H2,1-2H3;1H4/t12-,16+;/m0./s1. The summed E-state index contributed by atoms with van der Waals surface area (Å²) in [6.07, 6.45) is 3.57. The molecule has 2 aliphatic heterocycles. The van der Waals surface area contributed by atoms with Crippen LogP contribution in [-0.2, 0) is 11.3 Å². The minimum absolute atomic E-state index is 0. The predicted molar refractivity (Wildman–Crippen MR) is 125 cm³/mol. The highest BCUT2D eigenvalue weighted by Gasteiger charge is 2.47. The number of anilines is 1. The average Bonchev–Trinajstić information content (AvgIpc) is 3.01. The van der Waals surface area contributed by atoms with Crippen molar-refractivity contribution in [3.63, 3.8) is 0 Å². The molecular weight excluding hydrogens is 457 g/mol. The van der Waals surface area contributed by atoms with Gasteiger partial charge in [0.25, 0.3) is 0 Å². The molecule has 0 amide bonds. The first-order valence-electron chi connectivity index (χ1n) is 9.93. The zero-order chi connectivity index (χ0) is 21.5. The number of aliphatic hydroxyl groups is 1. The third kappa shape index (κ3) is 4.65. The third-order valence-electron chi connectivity index (χ3n) is 6.15. The zero-order valence-corrected chi connectivity index (χ0v) is 19.3. The quantitative estimate of drug-likeness (QED) is 0.624. The molecule has 2 aromatic heterocycles. The van der Waals surface area contributed by atoms with Crippen LogP contribution >= 0.6 is 35.0 Å². The van der Waals surface area contributed by atoms with E-state index in [4.69, 9.17) is 38.7 Å². The molecule has 31 heavy (non-hydrogen) atoms. The number of aryl methyl sites for hydroxylation is 1. The molecule has 2 saturated heterocycles. The van der Waals surface area contributed by atoms with Crippen LogP contribution in [0.4, 0.5) is 5.82 Å². The van der Waals surface area contributed by atoms with E-state index < -0.39 is 0 Å². The van der Waals surface area contributed by atoms with Gasteiger partial charge in [-0.15, -0.1) is 0 Å². The smallest absolute Gasteiger partial charge is 0.153 e. The van der Waals surface area contributed by atoms with Crippen LogP contribution < -0.4 is 10.6 Å². The van der Waals surface area contributed by atoms with Gasteiger partial charge in [0, 0.05) is 35.6 Å². The number of pyridine rings is 1. The molecule has 2 fully saturated rings. The predicted octanol–water partition coefficient (Wildman–Crippen LogP) is 4.10. The molecule has 3 N–H and O–H groups in total. The summed E-state index contributed by atoms with van der Waals surface area (Å²) in [6.45, 7) is 6.09. The van der Waals surface area contributed by atoms with Gasteiger partial charge in [-0.05, 0) is 32.8 Å². The van der Waals surface area contributed by atoms with Gasteiger partial charge in [-0.2, -0.15) is 0 Å². The van der Waals surface area contributed by atoms with Gasteiger partial charge < -0.3 is 20.5 Å². The molecule has 0 aromatic carbocycles. The lowest BCUT2D eigenvalue weighted by atomic mass is 9.73. The highest BCUT2D eigenvalue weighted by molar-refractivity contribution is 7.99. The fourth-order valence-corrected chi connectivity index (χ4v) is 5.52. The Morgan fingerprint density at radius 1 is 1.32 bits per heavy atom. The highest BCUT2D eigenvalue weighted by atomic mass is 35.5. The van der Waals surface area contributed by atoms with Crippen LogP contribution in [0.5, 0.6) is 0 Å². The maximum atomic E-state index is 9.98. The maximum Gasteiger partial charge on any atom is 0.153 e. The molecule has 10 heteroatoms. The molecule has 0 unspecified atom stereocenters. The van der Waals surface area contributed by atoms with E-state index in [0.29, 0.717) is 22.3 Å². The number of nitrogens with two attached hydrogens (primary N) is 1. The number of nitrogens with zero attached hydrogens (tertiary/aromatic N) is 4. The van der Waals surface area contributed by atoms with E-state index >= 15 is 0 Å². The Bertz CT molecular complexity index is 940. The number of rotatable bonds is 4. The number of hydrogen-bond acceptors (Lipinski definition) is 8. The van der Waals surface area contributed by atoms with Crippen LogP contribution in [0.15, 0.2) is 22.2 Å². The second-order valence-corrected chi connectivity index (χ2v) is 9.72. The van der Waals surface area contributed by atoms with Gasteiger partial charge >= 0.3 is 0 Å². The first kappa shape index (κ1) is 24.5. The maximum absolute atomic E-state index is 9.98. The second-order valence-electron chi connectivity index (χ2n) is 7.95. The fraction of sp³-hybridized carbons (Fsp3) is 0.571. The van der Waals surface area contributed by atoms with Crippen LogP contribution in [0.3, 0.4) is 0 Å². The van der Waals surface area contributed by atoms with E-state index in [0.717, 1.165) is 42.3 Å². The number of hydrogen-bond donors (Lipinski definition) is 2. The summed E-state index contributed by atoms with van der Waals surface area (Å²) in [5.41, 5.74) is 7.78. The summed E-state index contributed by atoms with van der Waals surface area (Å²) >= 11 is 13.6. The number of piperidine rings is 1. The van der Waals surface area contributed by atoms with Crippen LogP contribution in [0, 0.1) is 12.3 Å². The molecule has 0 aliphatic carbocycles. The Balaban J connectivity index is 0.00000272. The normalized spacial score (nSPS) is 22.6. The SMILES string of the molecule is C.Cc1nc(N2CCC3(CC2)CO[C@@H](C)[C@H]3N)c(CO)nc1Sc1ccnc(Cl)c1Cl. The summed E-state index contributed by atoms with van der Waals surface area (Å²) in [5.74, 6) is 0.730. The number of aromatic nitrogens is 3. The van der Waals surface area contributed by atoms with E-state index in [-0.39, 0.29) is 36.7 Å². The number of halogens is 2. The average molecular weight is 486 g/mol. The lowest BCUT2D eigenvalue weighted by Crippen LogP contribution is -2.51. The molecule has 2 aromatic rings. The molecule has 4 rings (SSSR count). The Morgan fingerprint density at radius 2 is 2.03 bits per heavy atom. The summed E-state index contributed by atoms with van der Waals surface area (Å²) in [5, 5.41) is 11.3. The minimum atomic E-state index is -0.192. The molecule has 2 atom stereocenters. The van der Waals surface area contributed by atoms with E-state index in [2.05, 4.69) is 14.9 Å². The van der Waals surface area contributed by atoms with Gasteiger partial charge in [0.15, 0.2) is 5.82 Å². The van der Waals surface area contributed by atoms with Gasteiger partial charge in [0.05, 0.1) is 30.0 Å². The van der Waals surface area contributed by atoms with E-state index in [1.807, 2.05) is 13.8 Å². The van der Waals surface area contributed by atoms with Gasteiger partial charge in [-0.25, -0.2) is 15.0 Å². The van der Waals surface area contributed by atoms with Gasteiger partial charge in [0.2, 0.25) is 0 Å². The molecule has 4 heterocycles. The Hall–Kier alpha value is -1.16. The molecule has 7 nitrogen and oxygen atoms in total. The molecular formula is C21H29Cl2N5O2S. The Morgan fingerprint density at radius 3 is 2.65 bits per heavy atom.